The van der Waals surface area contributed by atoms with Gasteiger partial charge < -0.3 is 5.32 Å². The summed E-state index contributed by atoms with van der Waals surface area (Å²) in [5, 5.41) is 7.44. The van der Waals surface area contributed by atoms with Crippen LogP contribution in [0, 0.1) is 0 Å². The molecule has 102 valence electrons. The maximum absolute atomic E-state index is 11.7. The normalized spacial score (nSPS) is 10.6. The Morgan fingerprint density at radius 1 is 1.44 bits per heavy atom. The van der Waals surface area contributed by atoms with Gasteiger partial charge in [0.2, 0.25) is 0 Å². The molecule has 1 rings (SSSR count). The van der Waals surface area contributed by atoms with Crippen LogP contribution in [0.2, 0.25) is 5.02 Å². The SMILES string of the molecule is CCn1ncc(NCCCCCSC)c(Cl)c1=O. The summed E-state index contributed by atoms with van der Waals surface area (Å²) in [4.78, 5) is 11.7. The van der Waals surface area contributed by atoms with Crippen LogP contribution in [0.3, 0.4) is 0 Å². The van der Waals surface area contributed by atoms with E-state index in [1.165, 1.54) is 23.3 Å². The molecule has 0 spiro atoms. The van der Waals surface area contributed by atoms with Gasteiger partial charge in [0.25, 0.3) is 5.56 Å². The standard InChI is InChI=1S/C12H20ClN3OS/c1-3-16-12(17)11(13)10(9-15-16)14-7-5-4-6-8-18-2/h9,14H,3-8H2,1-2H3. The molecule has 1 aromatic heterocycles. The summed E-state index contributed by atoms with van der Waals surface area (Å²) in [5.74, 6) is 1.20. The van der Waals surface area contributed by atoms with Gasteiger partial charge in [-0.2, -0.15) is 16.9 Å². The van der Waals surface area contributed by atoms with Crippen molar-refractivity contribution in [3.8, 4) is 0 Å². The minimum Gasteiger partial charge on any atom is -0.382 e. The molecule has 18 heavy (non-hydrogen) atoms. The molecule has 1 heterocycles. The second-order valence-corrected chi connectivity index (χ2v) is 5.34. The number of aryl methyl sites for hydroxylation is 1. The van der Waals surface area contributed by atoms with E-state index in [-0.39, 0.29) is 10.6 Å². The summed E-state index contributed by atoms with van der Waals surface area (Å²) in [6.45, 7) is 3.22. The fourth-order valence-corrected chi connectivity index (χ4v) is 2.29. The first-order valence-corrected chi connectivity index (χ1v) is 7.96. The highest BCUT2D eigenvalue weighted by molar-refractivity contribution is 7.98. The van der Waals surface area contributed by atoms with Gasteiger partial charge in [-0.3, -0.25) is 4.79 Å². The van der Waals surface area contributed by atoms with E-state index in [4.69, 9.17) is 11.6 Å². The van der Waals surface area contributed by atoms with Gasteiger partial charge in [0.15, 0.2) is 0 Å². The average Bonchev–Trinajstić information content (AvgIpc) is 2.38. The number of nitrogens with zero attached hydrogens (tertiary/aromatic N) is 2. The Bertz CT molecular complexity index is 422. The van der Waals surface area contributed by atoms with E-state index in [9.17, 15) is 4.79 Å². The Morgan fingerprint density at radius 2 is 2.22 bits per heavy atom. The lowest BCUT2D eigenvalue weighted by Crippen LogP contribution is -2.23. The van der Waals surface area contributed by atoms with E-state index >= 15 is 0 Å². The lowest BCUT2D eigenvalue weighted by atomic mass is 10.2. The molecule has 0 saturated carbocycles. The Labute approximate surface area is 117 Å². The van der Waals surface area contributed by atoms with Crippen molar-refractivity contribution in [2.24, 2.45) is 0 Å². The van der Waals surface area contributed by atoms with Gasteiger partial charge in [0, 0.05) is 13.1 Å². The van der Waals surface area contributed by atoms with Crippen molar-refractivity contribution in [2.75, 3.05) is 23.9 Å². The zero-order valence-electron chi connectivity index (χ0n) is 10.9. The first kappa shape index (κ1) is 15.4. The topological polar surface area (TPSA) is 46.9 Å². The first-order chi connectivity index (χ1) is 8.70. The minimum absolute atomic E-state index is 0.230. The van der Waals surface area contributed by atoms with E-state index < -0.39 is 0 Å². The van der Waals surface area contributed by atoms with Crippen LogP contribution in [0.5, 0.6) is 0 Å². The molecular weight excluding hydrogens is 270 g/mol. The zero-order chi connectivity index (χ0) is 13.4. The highest BCUT2D eigenvalue weighted by Gasteiger charge is 2.07. The summed E-state index contributed by atoms with van der Waals surface area (Å²) in [6.07, 6.45) is 7.23. The molecule has 4 nitrogen and oxygen atoms in total. The minimum atomic E-state index is -0.230. The molecule has 0 fully saturated rings. The quantitative estimate of drug-likeness (QED) is 0.748. The van der Waals surface area contributed by atoms with E-state index in [2.05, 4.69) is 16.7 Å². The van der Waals surface area contributed by atoms with Crippen LogP contribution in [0.25, 0.3) is 0 Å². The number of hydrogen-bond acceptors (Lipinski definition) is 4. The summed E-state index contributed by atoms with van der Waals surface area (Å²) in [7, 11) is 0. The van der Waals surface area contributed by atoms with Crippen LogP contribution < -0.4 is 10.9 Å². The number of aromatic nitrogens is 2. The predicted octanol–water partition coefficient (Wildman–Crippen LogP) is 2.86. The molecule has 1 N–H and O–H groups in total. The molecule has 0 saturated heterocycles. The fourth-order valence-electron chi connectivity index (χ4n) is 1.58. The molecule has 0 aliphatic carbocycles. The van der Waals surface area contributed by atoms with Crippen LogP contribution in [-0.2, 0) is 6.54 Å². The number of hydrogen-bond donors (Lipinski definition) is 1. The predicted molar refractivity (Wildman–Crippen MR) is 79.9 cm³/mol. The van der Waals surface area contributed by atoms with Crippen molar-refractivity contribution in [1.29, 1.82) is 0 Å². The molecule has 0 unspecified atom stereocenters. The van der Waals surface area contributed by atoms with Crippen molar-refractivity contribution in [3.63, 3.8) is 0 Å². The molecule has 0 radical (unpaired) electrons. The number of nitrogens with one attached hydrogen (secondary N) is 1. The molecule has 0 bridgehead atoms. The first-order valence-electron chi connectivity index (χ1n) is 6.19. The van der Waals surface area contributed by atoms with E-state index in [0.29, 0.717) is 12.2 Å². The molecule has 6 heteroatoms. The van der Waals surface area contributed by atoms with E-state index in [1.807, 2.05) is 18.7 Å². The molecule has 0 amide bonds. The third-order valence-corrected chi connectivity index (χ3v) is 3.69. The number of rotatable bonds is 8. The Balaban J connectivity index is 2.43. The molecule has 1 aromatic rings. The van der Waals surface area contributed by atoms with Gasteiger partial charge in [-0.25, -0.2) is 4.68 Å². The average molecular weight is 290 g/mol. The number of thioether (sulfide) groups is 1. The summed E-state index contributed by atoms with van der Waals surface area (Å²) >= 11 is 7.87. The van der Waals surface area contributed by atoms with Crippen molar-refractivity contribution >= 4 is 29.1 Å². The molecular formula is C12H20ClN3OS. The lowest BCUT2D eigenvalue weighted by molar-refractivity contribution is 0.616. The van der Waals surface area contributed by atoms with Crippen LogP contribution >= 0.6 is 23.4 Å². The number of anilines is 1. The van der Waals surface area contributed by atoms with Gasteiger partial charge in [-0.1, -0.05) is 18.0 Å². The lowest BCUT2D eigenvalue weighted by Gasteiger charge is -2.09. The van der Waals surface area contributed by atoms with Gasteiger partial charge in [-0.05, 0) is 31.8 Å². The molecule has 0 aromatic carbocycles. The van der Waals surface area contributed by atoms with Crippen LogP contribution in [0.1, 0.15) is 26.2 Å². The summed E-state index contributed by atoms with van der Waals surface area (Å²) in [6, 6.07) is 0. The smallest absolute Gasteiger partial charge is 0.287 e. The van der Waals surface area contributed by atoms with Gasteiger partial charge in [-0.15, -0.1) is 0 Å². The van der Waals surface area contributed by atoms with E-state index in [0.717, 1.165) is 13.0 Å². The maximum Gasteiger partial charge on any atom is 0.287 e. The van der Waals surface area contributed by atoms with Gasteiger partial charge >= 0.3 is 0 Å². The number of halogens is 1. The second-order valence-electron chi connectivity index (χ2n) is 3.97. The fraction of sp³-hybridized carbons (Fsp3) is 0.667. The van der Waals surface area contributed by atoms with Crippen LogP contribution in [0.15, 0.2) is 11.0 Å². The maximum atomic E-state index is 11.7. The third-order valence-electron chi connectivity index (χ3n) is 2.63. The largest absolute Gasteiger partial charge is 0.382 e. The van der Waals surface area contributed by atoms with Crippen molar-refractivity contribution < 1.29 is 0 Å². The number of unbranched alkanes of at least 4 members (excludes halogenated alkanes) is 2. The highest BCUT2D eigenvalue weighted by atomic mass is 35.5. The van der Waals surface area contributed by atoms with E-state index in [1.54, 1.807) is 6.20 Å². The van der Waals surface area contributed by atoms with Gasteiger partial charge in [0.1, 0.15) is 5.02 Å². The van der Waals surface area contributed by atoms with Crippen LogP contribution in [0.4, 0.5) is 5.69 Å². The Kier molecular flexibility index (Phi) is 7.20. The molecule has 0 aliphatic heterocycles. The molecule has 0 aliphatic rings. The molecule has 0 atom stereocenters. The van der Waals surface area contributed by atoms with Crippen molar-refractivity contribution in [2.45, 2.75) is 32.7 Å². The van der Waals surface area contributed by atoms with Crippen molar-refractivity contribution in [1.82, 2.24) is 9.78 Å². The van der Waals surface area contributed by atoms with Gasteiger partial charge in [0.05, 0.1) is 11.9 Å². The van der Waals surface area contributed by atoms with Crippen LogP contribution in [-0.4, -0.2) is 28.3 Å². The summed E-state index contributed by atoms with van der Waals surface area (Å²) < 4.78 is 1.35. The zero-order valence-corrected chi connectivity index (χ0v) is 12.5. The van der Waals surface area contributed by atoms with Crippen molar-refractivity contribution in [3.05, 3.63) is 21.6 Å². The summed E-state index contributed by atoms with van der Waals surface area (Å²) in [5.41, 5.74) is 0.405. The second kappa shape index (κ2) is 8.43. The highest BCUT2D eigenvalue weighted by Crippen LogP contribution is 2.15. The Hall–Kier alpha value is -0.680. The monoisotopic (exact) mass is 289 g/mol. The third kappa shape index (κ3) is 4.53. The Morgan fingerprint density at radius 3 is 2.89 bits per heavy atom.